The van der Waals surface area contributed by atoms with Crippen LogP contribution in [0.4, 0.5) is 0 Å². The molecule has 5 heteroatoms. The van der Waals surface area contributed by atoms with Crippen molar-refractivity contribution in [3.8, 4) is 0 Å². The number of aromatic nitrogens is 4. The highest BCUT2D eigenvalue weighted by Gasteiger charge is 2.07. The van der Waals surface area contributed by atoms with E-state index in [4.69, 9.17) is 0 Å². The fourth-order valence-electron chi connectivity index (χ4n) is 1.24. The molecule has 0 radical (unpaired) electrons. The number of nitrogens with zero attached hydrogens (tertiary/aromatic N) is 4. The van der Waals surface area contributed by atoms with E-state index in [0.29, 0.717) is 0 Å². The van der Waals surface area contributed by atoms with E-state index in [1.54, 1.807) is 11.0 Å². The fraction of sp³-hybridized carbons (Fsp3) is 0.222. The Bertz CT molecular complexity index is 395. The Morgan fingerprint density at radius 1 is 1.29 bits per heavy atom. The van der Waals surface area contributed by atoms with Crippen LogP contribution in [0.5, 0.6) is 0 Å². The third-order valence-electron chi connectivity index (χ3n) is 2.11. The lowest BCUT2D eigenvalue weighted by atomic mass is 10.1. The summed E-state index contributed by atoms with van der Waals surface area (Å²) in [7, 11) is 0. The zero-order valence-corrected chi connectivity index (χ0v) is 9.22. The van der Waals surface area contributed by atoms with Gasteiger partial charge < -0.3 is 0 Å². The Hall–Kier alpha value is -1.23. The molecule has 72 valence electrons. The minimum Gasteiger partial charge on any atom is -0.225 e. The molecule has 1 aromatic carbocycles. The average Bonchev–Trinajstić information content (AvgIpc) is 2.71. The molecule has 0 amide bonds. The highest BCUT2D eigenvalue weighted by molar-refractivity contribution is 9.10. The Morgan fingerprint density at radius 3 is 2.57 bits per heavy atom. The molecule has 0 aliphatic rings. The summed E-state index contributed by atoms with van der Waals surface area (Å²) in [6.45, 7) is 2.06. The predicted molar refractivity (Wildman–Crippen MR) is 55.8 cm³/mol. The summed E-state index contributed by atoms with van der Waals surface area (Å²) in [5.74, 6) is 0. The second-order valence-electron chi connectivity index (χ2n) is 3.02. The molecule has 0 bridgehead atoms. The van der Waals surface area contributed by atoms with Crippen LogP contribution < -0.4 is 0 Å². The molecule has 0 N–H and O–H groups in total. The van der Waals surface area contributed by atoms with Crippen molar-refractivity contribution in [2.75, 3.05) is 0 Å². The fourth-order valence-corrected chi connectivity index (χ4v) is 1.50. The van der Waals surface area contributed by atoms with Crippen LogP contribution in [0.1, 0.15) is 18.5 Å². The molecule has 4 nitrogen and oxygen atoms in total. The van der Waals surface area contributed by atoms with Crippen molar-refractivity contribution in [3.05, 3.63) is 40.6 Å². The van der Waals surface area contributed by atoms with Crippen molar-refractivity contribution in [3.63, 3.8) is 0 Å². The molecule has 0 fully saturated rings. The number of benzene rings is 1. The van der Waals surface area contributed by atoms with Gasteiger partial charge in [-0.2, -0.15) is 0 Å². The molecule has 2 rings (SSSR count). The van der Waals surface area contributed by atoms with E-state index in [1.807, 2.05) is 12.1 Å². The van der Waals surface area contributed by atoms with Crippen LogP contribution in [0.3, 0.4) is 0 Å². The first kappa shape index (κ1) is 9.33. The van der Waals surface area contributed by atoms with E-state index < -0.39 is 0 Å². The Kier molecular flexibility index (Phi) is 2.58. The van der Waals surface area contributed by atoms with Gasteiger partial charge >= 0.3 is 0 Å². The zero-order chi connectivity index (χ0) is 9.97. The number of hydrogen-bond acceptors (Lipinski definition) is 3. The number of halogens is 1. The van der Waals surface area contributed by atoms with Gasteiger partial charge in [-0.25, -0.2) is 4.68 Å². The summed E-state index contributed by atoms with van der Waals surface area (Å²) in [5, 5.41) is 11.1. The maximum atomic E-state index is 3.86. The van der Waals surface area contributed by atoms with E-state index >= 15 is 0 Å². The minimum absolute atomic E-state index is 0.165. The summed E-state index contributed by atoms with van der Waals surface area (Å²) in [5.41, 5.74) is 1.18. The van der Waals surface area contributed by atoms with Gasteiger partial charge in [-0.15, -0.1) is 5.10 Å². The largest absolute Gasteiger partial charge is 0.225 e. The van der Waals surface area contributed by atoms with Crippen LogP contribution in [-0.4, -0.2) is 20.2 Å². The number of rotatable bonds is 2. The molecule has 1 atom stereocenters. The van der Waals surface area contributed by atoms with E-state index in [2.05, 4.69) is 50.5 Å². The Balaban J connectivity index is 2.28. The quantitative estimate of drug-likeness (QED) is 0.822. The lowest BCUT2D eigenvalue weighted by molar-refractivity contribution is 0.543. The second kappa shape index (κ2) is 3.88. The molecular weight excluding hydrogens is 244 g/mol. The van der Waals surface area contributed by atoms with Crippen LogP contribution in [0, 0.1) is 0 Å². The van der Waals surface area contributed by atoms with Crippen molar-refractivity contribution < 1.29 is 0 Å². The molecule has 0 saturated carbocycles. The normalized spacial score (nSPS) is 12.7. The first-order valence-electron chi connectivity index (χ1n) is 4.25. The third kappa shape index (κ3) is 1.82. The molecule has 2 aromatic rings. The van der Waals surface area contributed by atoms with E-state index in [9.17, 15) is 0 Å². The van der Waals surface area contributed by atoms with Crippen LogP contribution in [0.15, 0.2) is 35.1 Å². The number of tetrazole rings is 1. The van der Waals surface area contributed by atoms with Crippen molar-refractivity contribution in [2.24, 2.45) is 0 Å². The van der Waals surface area contributed by atoms with Gasteiger partial charge in [0.05, 0.1) is 6.04 Å². The molecule has 0 aliphatic heterocycles. The molecule has 0 aliphatic carbocycles. The van der Waals surface area contributed by atoms with Gasteiger partial charge in [0.15, 0.2) is 0 Å². The second-order valence-corrected chi connectivity index (χ2v) is 3.93. The first-order valence-corrected chi connectivity index (χ1v) is 5.04. The van der Waals surface area contributed by atoms with Crippen LogP contribution >= 0.6 is 15.9 Å². The van der Waals surface area contributed by atoms with Crippen LogP contribution in [0.2, 0.25) is 0 Å². The van der Waals surface area contributed by atoms with E-state index in [-0.39, 0.29) is 6.04 Å². The highest BCUT2D eigenvalue weighted by Crippen LogP contribution is 2.18. The maximum absolute atomic E-state index is 3.86. The van der Waals surface area contributed by atoms with Gasteiger partial charge in [0.2, 0.25) is 0 Å². The van der Waals surface area contributed by atoms with Crippen LogP contribution in [-0.2, 0) is 0 Å². The molecule has 0 saturated heterocycles. The third-order valence-corrected chi connectivity index (χ3v) is 2.64. The summed E-state index contributed by atoms with van der Waals surface area (Å²) < 4.78 is 2.80. The standard InChI is InChI=1S/C9H9BrN4/c1-7(14-6-11-12-13-14)8-2-4-9(10)5-3-8/h2-7H,1H3. The van der Waals surface area contributed by atoms with Gasteiger partial charge in [-0.3, -0.25) is 0 Å². The van der Waals surface area contributed by atoms with Crippen molar-refractivity contribution in [1.82, 2.24) is 20.2 Å². The summed E-state index contributed by atoms with van der Waals surface area (Å²) in [6, 6.07) is 8.29. The molecule has 14 heavy (non-hydrogen) atoms. The molecular formula is C9H9BrN4. The summed E-state index contributed by atoms with van der Waals surface area (Å²) >= 11 is 3.40. The summed E-state index contributed by atoms with van der Waals surface area (Å²) in [4.78, 5) is 0. The molecule has 1 aromatic heterocycles. The zero-order valence-electron chi connectivity index (χ0n) is 7.63. The lowest BCUT2D eigenvalue weighted by Crippen LogP contribution is -2.07. The SMILES string of the molecule is CC(c1ccc(Br)cc1)n1cnnn1. The smallest absolute Gasteiger partial charge is 0.138 e. The average molecular weight is 253 g/mol. The molecule has 1 unspecified atom stereocenters. The molecule has 0 spiro atoms. The van der Waals surface area contributed by atoms with Crippen LogP contribution in [0.25, 0.3) is 0 Å². The minimum atomic E-state index is 0.165. The van der Waals surface area contributed by atoms with Gasteiger partial charge in [0.25, 0.3) is 0 Å². The first-order chi connectivity index (χ1) is 6.77. The van der Waals surface area contributed by atoms with E-state index in [1.165, 1.54) is 5.56 Å². The predicted octanol–water partition coefficient (Wildman–Crippen LogP) is 2.04. The Morgan fingerprint density at radius 2 is 2.00 bits per heavy atom. The highest BCUT2D eigenvalue weighted by atomic mass is 79.9. The van der Waals surface area contributed by atoms with Gasteiger partial charge in [0.1, 0.15) is 6.33 Å². The van der Waals surface area contributed by atoms with Crippen molar-refractivity contribution >= 4 is 15.9 Å². The van der Waals surface area contributed by atoms with Gasteiger partial charge in [-0.1, -0.05) is 28.1 Å². The van der Waals surface area contributed by atoms with Gasteiger partial charge in [0, 0.05) is 4.47 Å². The monoisotopic (exact) mass is 252 g/mol. The van der Waals surface area contributed by atoms with Crippen molar-refractivity contribution in [1.29, 1.82) is 0 Å². The number of hydrogen-bond donors (Lipinski definition) is 0. The Labute approximate surface area is 90.1 Å². The summed E-state index contributed by atoms with van der Waals surface area (Å²) in [6.07, 6.45) is 1.62. The van der Waals surface area contributed by atoms with Crippen molar-refractivity contribution in [2.45, 2.75) is 13.0 Å². The maximum Gasteiger partial charge on any atom is 0.138 e. The molecule has 1 heterocycles. The van der Waals surface area contributed by atoms with E-state index in [0.717, 1.165) is 4.47 Å². The lowest BCUT2D eigenvalue weighted by Gasteiger charge is -2.10. The van der Waals surface area contributed by atoms with Gasteiger partial charge in [-0.05, 0) is 35.0 Å². The topological polar surface area (TPSA) is 43.6 Å².